The first-order valence-electron chi connectivity index (χ1n) is 5.72. The van der Waals surface area contributed by atoms with Crippen LogP contribution in [0.3, 0.4) is 0 Å². The van der Waals surface area contributed by atoms with E-state index in [2.05, 4.69) is 18.3 Å². The monoisotopic (exact) mass is 223 g/mol. The summed E-state index contributed by atoms with van der Waals surface area (Å²) < 4.78 is 5.17. The highest BCUT2D eigenvalue weighted by Crippen LogP contribution is 2.18. The van der Waals surface area contributed by atoms with Crippen LogP contribution in [0.5, 0.6) is 5.75 Å². The number of ether oxygens (including phenoxy) is 1. The third-order valence-electron chi connectivity index (χ3n) is 2.72. The Morgan fingerprint density at radius 2 is 2.19 bits per heavy atom. The molecule has 0 heterocycles. The van der Waals surface area contributed by atoms with Gasteiger partial charge in [0, 0.05) is 12.6 Å². The van der Waals surface area contributed by atoms with Crippen molar-refractivity contribution in [3.63, 3.8) is 0 Å². The minimum Gasteiger partial charge on any atom is -0.497 e. The van der Waals surface area contributed by atoms with Crippen LogP contribution in [0.4, 0.5) is 0 Å². The van der Waals surface area contributed by atoms with Gasteiger partial charge in [0.1, 0.15) is 5.75 Å². The number of hydrogen-bond acceptors (Lipinski definition) is 3. The molecule has 0 aliphatic carbocycles. The maximum atomic E-state index is 9.47. The molecule has 0 radical (unpaired) electrons. The van der Waals surface area contributed by atoms with E-state index in [1.165, 1.54) is 5.56 Å². The Morgan fingerprint density at radius 1 is 1.44 bits per heavy atom. The quantitative estimate of drug-likeness (QED) is 0.776. The van der Waals surface area contributed by atoms with Crippen LogP contribution < -0.4 is 10.1 Å². The number of aliphatic hydroxyl groups is 1. The SMILES string of the molecule is CCC(O)CN[C@H](C)c1cccc(OC)c1. The summed E-state index contributed by atoms with van der Waals surface area (Å²) in [5, 5.41) is 12.8. The van der Waals surface area contributed by atoms with Crippen molar-refractivity contribution in [3.8, 4) is 5.75 Å². The maximum Gasteiger partial charge on any atom is 0.119 e. The summed E-state index contributed by atoms with van der Waals surface area (Å²) in [5.74, 6) is 0.863. The van der Waals surface area contributed by atoms with Crippen LogP contribution in [0.25, 0.3) is 0 Å². The molecule has 3 nitrogen and oxygen atoms in total. The van der Waals surface area contributed by atoms with E-state index in [-0.39, 0.29) is 12.1 Å². The second kappa shape index (κ2) is 6.51. The molecule has 1 unspecified atom stereocenters. The molecular weight excluding hydrogens is 202 g/mol. The molecule has 3 heteroatoms. The molecule has 0 fully saturated rings. The summed E-state index contributed by atoms with van der Waals surface area (Å²) in [6, 6.07) is 8.19. The fourth-order valence-corrected chi connectivity index (χ4v) is 1.49. The number of hydrogen-bond donors (Lipinski definition) is 2. The molecule has 0 spiro atoms. The first kappa shape index (κ1) is 13.0. The highest BCUT2D eigenvalue weighted by molar-refractivity contribution is 5.30. The molecule has 1 aromatic rings. The Kier molecular flexibility index (Phi) is 5.29. The highest BCUT2D eigenvalue weighted by atomic mass is 16.5. The van der Waals surface area contributed by atoms with Crippen LogP contribution in [0.2, 0.25) is 0 Å². The predicted molar refractivity (Wildman–Crippen MR) is 65.7 cm³/mol. The molecule has 0 aliphatic heterocycles. The molecule has 1 aromatic carbocycles. The third-order valence-corrected chi connectivity index (χ3v) is 2.72. The summed E-state index contributed by atoms with van der Waals surface area (Å²) in [7, 11) is 1.66. The van der Waals surface area contributed by atoms with Gasteiger partial charge in [0.25, 0.3) is 0 Å². The number of methoxy groups -OCH3 is 1. The topological polar surface area (TPSA) is 41.5 Å². The van der Waals surface area contributed by atoms with Gasteiger partial charge in [-0.05, 0) is 31.0 Å². The van der Waals surface area contributed by atoms with E-state index in [1.807, 2.05) is 25.1 Å². The van der Waals surface area contributed by atoms with Gasteiger partial charge in [-0.15, -0.1) is 0 Å². The van der Waals surface area contributed by atoms with E-state index in [0.29, 0.717) is 6.54 Å². The Hall–Kier alpha value is -1.06. The average molecular weight is 223 g/mol. The predicted octanol–water partition coefficient (Wildman–Crippen LogP) is 2.12. The van der Waals surface area contributed by atoms with Gasteiger partial charge in [-0.25, -0.2) is 0 Å². The zero-order chi connectivity index (χ0) is 12.0. The van der Waals surface area contributed by atoms with Crippen molar-refractivity contribution >= 4 is 0 Å². The molecule has 1 rings (SSSR count). The van der Waals surface area contributed by atoms with Crippen molar-refractivity contribution in [1.29, 1.82) is 0 Å². The fourth-order valence-electron chi connectivity index (χ4n) is 1.49. The lowest BCUT2D eigenvalue weighted by Gasteiger charge is -2.17. The number of rotatable bonds is 6. The Balaban J connectivity index is 2.54. The first-order chi connectivity index (χ1) is 7.67. The van der Waals surface area contributed by atoms with E-state index < -0.39 is 0 Å². The lowest BCUT2D eigenvalue weighted by Crippen LogP contribution is -2.28. The van der Waals surface area contributed by atoms with Crippen molar-refractivity contribution in [2.45, 2.75) is 32.4 Å². The smallest absolute Gasteiger partial charge is 0.119 e. The van der Waals surface area contributed by atoms with E-state index in [0.717, 1.165) is 12.2 Å². The average Bonchev–Trinajstić information content (AvgIpc) is 2.35. The minimum atomic E-state index is -0.270. The van der Waals surface area contributed by atoms with Gasteiger partial charge in [-0.2, -0.15) is 0 Å². The molecule has 16 heavy (non-hydrogen) atoms. The number of benzene rings is 1. The zero-order valence-electron chi connectivity index (χ0n) is 10.2. The summed E-state index contributed by atoms with van der Waals surface area (Å²) in [4.78, 5) is 0. The number of nitrogens with one attached hydrogen (secondary N) is 1. The van der Waals surface area contributed by atoms with Crippen molar-refractivity contribution in [1.82, 2.24) is 5.32 Å². The Morgan fingerprint density at radius 3 is 2.81 bits per heavy atom. The lowest BCUT2D eigenvalue weighted by atomic mass is 10.1. The van der Waals surface area contributed by atoms with E-state index in [4.69, 9.17) is 4.74 Å². The van der Waals surface area contributed by atoms with Gasteiger partial charge < -0.3 is 15.2 Å². The van der Waals surface area contributed by atoms with Crippen LogP contribution in [0.15, 0.2) is 24.3 Å². The van der Waals surface area contributed by atoms with Gasteiger partial charge in [-0.1, -0.05) is 19.1 Å². The first-order valence-corrected chi connectivity index (χ1v) is 5.72. The summed E-state index contributed by atoms with van der Waals surface area (Å²) in [6.07, 6.45) is 0.505. The van der Waals surface area contributed by atoms with Crippen LogP contribution in [-0.4, -0.2) is 24.9 Å². The van der Waals surface area contributed by atoms with Gasteiger partial charge in [-0.3, -0.25) is 0 Å². The van der Waals surface area contributed by atoms with Crippen LogP contribution in [-0.2, 0) is 0 Å². The third kappa shape index (κ3) is 3.83. The second-order valence-corrected chi connectivity index (χ2v) is 3.97. The normalized spacial score (nSPS) is 14.5. The molecule has 2 N–H and O–H groups in total. The second-order valence-electron chi connectivity index (χ2n) is 3.97. The molecule has 90 valence electrons. The van der Waals surface area contributed by atoms with Gasteiger partial charge >= 0.3 is 0 Å². The van der Waals surface area contributed by atoms with Gasteiger partial charge in [0.15, 0.2) is 0 Å². The molecule has 0 saturated carbocycles. The van der Waals surface area contributed by atoms with Crippen LogP contribution in [0.1, 0.15) is 31.9 Å². The summed E-state index contributed by atoms with van der Waals surface area (Å²) in [6.45, 7) is 4.68. The molecule has 0 aromatic heterocycles. The highest BCUT2D eigenvalue weighted by Gasteiger charge is 2.07. The minimum absolute atomic E-state index is 0.219. The van der Waals surface area contributed by atoms with E-state index >= 15 is 0 Å². The van der Waals surface area contributed by atoms with Crippen LogP contribution in [0, 0.1) is 0 Å². The zero-order valence-corrected chi connectivity index (χ0v) is 10.2. The molecule has 0 saturated heterocycles. The summed E-state index contributed by atoms with van der Waals surface area (Å²) in [5.41, 5.74) is 1.17. The largest absolute Gasteiger partial charge is 0.497 e. The Labute approximate surface area is 97.4 Å². The molecule has 0 aliphatic rings. The fraction of sp³-hybridized carbons (Fsp3) is 0.538. The van der Waals surface area contributed by atoms with Crippen molar-refractivity contribution < 1.29 is 9.84 Å². The molecular formula is C13H21NO2. The van der Waals surface area contributed by atoms with Crippen LogP contribution >= 0.6 is 0 Å². The lowest BCUT2D eigenvalue weighted by molar-refractivity contribution is 0.163. The molecule has 0 bridgehead atoms. The van der Waals surface area contributed by atoms with Crippen molar-refractivity contribution in [2.75, 3.05) is 13.7 Å². The number of aliphatic hydroxyl groups excluding tert-OH is 1. The van der Waals surface area contributed by atoms with E-state index in [9.17, 15) is 5.11 Å². The van der Waals surface area contributed by atoms with Gasteiger partial charge in [0.2, 0.25) is 0 Å². The van der Waals surface area contributed by atoms with Crippen molar-refractivity contribution in [2.24, 2.45) is 0 Å². The standard InChI is InChI=1S/C13H21NO2/c1-4-12(15)9-14-10(2)11-6-5-7-13(8-11)16-3/h5-8,10,12,14-15H,4,9H2,1-3H3/t10-,12?/m1/s1. The molecule has 0 amide bonds. The van der Waals surface area contributed by atoms with Crippen molar-refractivity contribution in [3.05, 3.63) is 29.8 Å². The van der Waals surface area contributed by atoms with Gasteiger partial charge in [0.05, 0.1) is 13.2 Å². The summed E-state index contributed by atoms with van der Waals surface area (Å²) >= 11 is 0. The Bertz CT molecular complexity index is 315. The van der Waals surface area contributed by atoms with E-state index in [1.54, 1.807) is 7.11 Å². The maximum absolute atomic E-state index is 9.47. The molecule has 2 atom stereocenters.